The third-order valence-corrected chi connectivity index (χ3v) is 8.36. The van der Waals surface area contributed by atoms with E-state index in [0.717, 1.165) is 18.4 Å². The Bertz CT molecular complexity index is 1310. The molecule has 0 radical (unpaired) electrons. The zero-order valence-electron chi connectivity index (χ0n) is 25.4. The number of carbonyl (C=O) groups excluding carboxylic acids is 3. The summed E-state index contributed by atoms with van der Waals surface area (Å²) in [7, 11) is 0. The van der Waals surface area contributed by atoms with Gasteiger partial charge in [0.2, 0.25) is 11.8 Å². The minimum Gasteiger partial charge on any atom is -0.508 e. The van der Waals surface area contributed by atoms with Crippen LogP contribution in [0.25, 0.3) is 0 Å². The lowest BCUT2D eigenvalue weighted by atomic mass is 9.91. The van der Waals surface area contributed by atoms with Crippen molar-refractivity contribution in [2.75, 3.05) is 32.8 Å². The highest BCUT2D eigenvalue weighted by molar-refractivity contribution is 6.00. The van der Waals surface area contributed by atoms with Crippen molar-refractivity contribution >= 4 is 17.7 Å². The Balaban J connectivity index is 1.38. The molecule has 5 rings (SSSR count). The number of phenolic OH excluding ortho intramolecular Hbond substituents is 1. The van der Waals surface area contributed by atoms with Crippen LogP contribution in [0.4, 0.5) is 0 Å². The molecule has 10 heteroatoms. The minimum absolute atomic E-state index is 0.0333. The van der Waals surface area contributed by atoms with E-state index in [0.29, 0.717) is 56.9 Å². The molecule has 2 aromatic carbocycles. The molecule has 0 spiro atoms. The van der Waals surface area contributed by atoms with Crippen LogP contribution in [-0.4, -0.2) is 89.7 Å². The fourth-order valence-corrected chi connectivity index (χ4v) is 6.15. The maximum absolute atomic E-state index is 13.9. The van der Waals surface area contributed by atoms with E-state index in [-0.39, 0.29) is 47.6 Å². The lowest BCUT2D eigenvalue weighted by molar-refractivity contribution is -0.131. The molecule has 2 saturated heterocycles. The van der Waals surface area contributed by atoms with Crippen molar-refractivity contribution < 1.29 is 29.0 Å². The predicted octanol–water partition coefficient (Wildman–Crippen LogP) is 3.09. The topological polar surface area (TPSA) is 120 Å². The summed E-state index contributed by atoms with van der Waals surface area (Å²) in [6.45, 7) is 8.31. The first-order valence-electron chi connectivity index (χ1n) is 15.3. The predicted molar refractivity (Wildman–Crippen MR) is 162 cm³/mol. The molecule has 2 aromatic rings. The number of nitrogens with one attached hydrogen (secondary N) is 2. The van der Waals surface area contributed by atoms with Crippen LogP contribution in [0.5, 0.6) is 11.5 Å². The number of benzene rings is 2. The van der Waals surface area contributed by atoms with Crippen LogP contribution >= 0.6 is 0 Å². The highest BCUT2D eigenvalue weighted by atomic mass is 16.5. The number of piperazine rings is 1. The fraction of sp³-hybridized carbons (Fsp3) is 0.545. The second-order valence-electron chi connectivity index (χ2n) is 13.0. The molecular weight excluding hydrogens is 548 g/mol. The first-order chi connectivity index (χ1) is 20.6. The van der Waals surface area contributed by atoms with Crippen LogP contribution in [0.15, 0.2) is 48.5 Å². The Kier molecular flexibility index (Phi) is 9.56. The smallest absolute Gasteiger partial charge is 0.258 e. The van der Waals surface area contributed by atoms with Crippen LogP contribution < -0.4 is 15.4 Å². The first kappa shape index (κ1) is 30.8. The van der Waals surface area contributed by atoms with E-state index < -0.39 is 12.1 Å². The number of para-hydroxylation sites is 2. The third kappa shape index (κ3) is 7.86. The van der Waals surface area contributed by atoms with E-state index in [1.165, 1.54) is 0 Å². The van der Waals surface area contributed by atoms with Crippen LogP contribution in [-0.2, 0) is 20.9 Å². The van der Waals surface area contributed by atoms with Gasteiger partial charge in [0.1, 0.15) is 17.5 Å². The molecule has 3 aliphatic heterocycles. The second kappa shape index (κ2) is 13.3. The number of phenols is 1. The van der Waals surface area contributed by atoms with Gasteiger partial charge in [-0.15, -0.1) is 0 Å². The molecule has 0 aliphatic carbocycles. The normalized spacial score (nSPS) is 25.4. The van der Waals surface area contributed by atoms with E-state index in [1.807, 2.05) is 39.0 Å². The molecule has 3 aliphatic rings. The van der Waals surface area contributed by atoms with Gasteiger partial charge in [-0.2, -0.15) is 0 Å². The van der Waals surface area contributed by atoms with Gasteiger partial charge in [-0.25, -0.2) is 0 Å². The van der Waals surface area contributed by atoms with Crippen molar-refractivity contribution in [1.29, 1.82) is 0 Å². The number of fused-ring (bicyclic) bond motifs is 4. The van der Waals surface area contributed by atoms with E-state index in [2.05, 4.69) is 15.5 Å². The average Bonchev–Trinajstić information content (AvgIpc) is 2.96. The summed E-state index contributed by atoms with van der Waals surface area (Å²) < 4.78 is 12.6. The van der Waals surface area contributed by atoms with Crippen LogP contribution in [0, 0.1) is 5.41 Å². The van der Waals surface area contributed by atoms with E-state index >= 15 is 0 Å². The zero-order valence-corrected chi connectivity index (χ0v) is 25.4. The standard InChI is InChI=1S/C33H44N4O6/c1-33(2,3)18-30(39)35-25-13-12-23-14-17-42-28-11-7-5-9-24(28)32(41)37-16-15-36(20-22-8-4-6-10-27(22)38)21-26(37)31(40)34-19-29(25)43-23/h4-11,23,25-26,29,38H,12-21H2,1-3H3,(H,34,40)(H,35,39)/t23-,25+,26-,29+/m0/s1. The largest absolute Gasteiger partial charge is 0.508 e. The van der Waals surface area contributed by atoms with E-state index in [1.54, 1.807) is 35.2 Å². The Morgan fingerprint density at radius 1 is 1.05 bits per heavy atom. The molecule has 2 bridgehead atoms. The van der Waals surface area contributed by atoms with Gasteiger partial charge in [0.15, 0.2) is 0 Å². The summed E-state index contributed by atoms with van der Waals surface area (Å²) in [4.78, 5) is 44.3. The van der Waals surface area contributed by atoms with Gasteiger partial charge in [0.05, 0.1) is 30.4 Å². The number of amides is 3. The molecule has 3 N–H and O–H groups in total. The van der Waals surface area contributed by atoms with Gasteiger partial charge in [-0.05, 0) is 36.5 Å². The summed E-state index contributed by atoms with van der Waals surface area (Å²) in [5.74, 6) is 0.121. The van der Waals surface area contributed by atoms with Gasteiger partial charge < -0.3 is 30.1 Å². The lowest BCUT2D eigenvalue weighted by Gasteiger charge is -2.42. The van der Waals surface area contributed by atoms with Crippen LogP contribution in [0.2, 0.25) is 0 Å². The lowest BCUT2D eigenvalue weighted by Crippen LogP contribution is -2.62. The number of nitrogens with zero attached hydrogens (tertiary/aromatic N) is 2. The summed E-state index contributed by atoms with van der Waals surface area (Å²) >= 11 is 0. The van der Waals surface area contributed by atoms with Crippen molar-refractivity contribution in [3.63, 3.8) is 0 Å². The molecule has 0 unspecified atom stereocenters. The molecule has 232 valence electrons. The van der Waals surface area contributed by atoms with Gasteiger partial charge >= 0.3 is 0 Å². The Morgan fingerprint density at radius 3 is 2.60 bits per heavy atom. The maximum atomic E-state index is 13.9. The summed E-state index contributed by atoms with van der Waals surface area (Å²) in [6.07, 6.45) is 2.01. The molecule has 3 amide bonds. The Morgan fingerprint density at radius 2 is 1.81 bits per heavy atom. The summed E-state index contributed by atoms with van der Waals surface area (Å²) in [5, 5.41) is 16.6. The maximum Gasteiger partial charge on any atom is 0.258 e. The second-order valence-corrected chi connectivity index (χ2v) is 13.0. The molecule has 0 saturated carbocycles. The van der Waals surface area contributed by atoms with Crippen molar-refractivity contribution in [3.05, 3.63) is 59.7 Å². The molecular formula is C33H44N4O6. The van der Waals surface area contributed by atoms with Crippen molar-refractivity contribution in [2.45, 2.75) is 77.3 Å². The third-order valence-electron chi connectivity index (χ3n) is 8.36. The summed E-state index contributed by atoms with van der Waals surface area (Å²) in [6, 6.07) is 13.3. The van der Waals surface area contributed by atoms with Crippen molar-refractivity contribution in [2.24, 2.45) is 5.41 Å². The molecule has 2 fully saturated rings. The Hall–Kier alpha value is -3.63. The number of hydrogen-bond donors (Lipinski definition) is 3. The average molecular weight is 593 g/mol. The van der Waals surface area contributed by atoms with Crippen molar-refractivity contribution in [1.82, 2.24) is 20.4 Å². The van der Waals surface area contributed by atoms with Gasteiger partial charge in [-0.1, -0.05) is 51.1 Å². The van der Waals surface area contributed by atoms with Gasteiger partial charge in [0.25, 0.3) is 5.91 Å². The number of carbonyl (C=O) groups is 3. The molecule has 43 heavy (non-hydrogen) atoms. The number of rotatable bonds is 4. The highest BCUT2D eigenvalue weighted by Crippen LogP contribution is 2.28. The minimum atomic E-state index is -0.767. The zero-order chi connectivity index (χ0) is 30.6. The first-order valence-corrected chi connectivity index (χ1v) is 15.3. The highest BCUT2D eigenvalue weighted by Gasteiger charge is 2.39. The molecule has 0 aromatic heterocycles. The molecule has 4 atom stereocenters. The van der Waals surface area contributed by atoms with Gasteiger partial charge in [0, 0.05) is 51.1 Å². The number of ether oxygens (including phenoxy) is 2. The number of hydrogen-bond acceptors (Lipinski definition) is 7. The van der Waals surface area contributed by atoms with E-state index in [4.69, 9.17) is 9.47 Å². The Labute approximate surface area is 253 Å². The monoisotopic (exact) mass is 592 g/mol. The quantitative estimate of drug-likeness (QED) is 0.499. The van der Waals surface area contributed by atoms with Crippen molar-refractivity contribution in [3.8, 4) is 11.5 Å². The summed E-state index contributed by atoms with van der Waals surface area (Å²) in [5.41, 5.74) is 1.04. The number of aromatic hydroxyl groups is 1. The van der Waals surface area contributed by atoms with Crippen LogP contribution in [0.1, 0.15) is 62.4 Å². The van der Waals surface area contributed by atoms with Gasteiger partial charge in [-0.3, -0.25) is 19.3 Å². The van der Waals surface area contributed by atoms with Crippen LogP contribution in [0.3, 0.4) is 0 Å². The SMILES string of the molecule is CC(C)(C)CC(=O)N[C@@H]1CC[C@H]2CCOc3ccccc3C(=O)N3CCN(Cc4ccccc4O)C[C@H]3C(=O)NC[C@H]1O2. The molecule has 3 heterocycles. The fourth-order valence-electron chi connectivity index (χ4n) is 6.15. The molecule has 10 nitrogen and oxygen atoms in total. The van der Waals surface area contributed by atoms with E-state index in [9.17, 15) is 19.5 Å².